The summed E-state index contributed by atoms with van der Waals surface area (Å²) in [6.45, 7) is 0.407. The molecular weight excluding hydrogens is 198 g/mol. The second kappa shape index (κ2) is 4.00. The van der Waals surface area contributed by atoms with Crippen molar-refractivity contribution in [2.75, 3.05) is 18.9 Å². The SMILES string of the molecule is Nc1ccn([C@@H]2CO[C@H](CO)C2)c(=O)n1. The van der Waals surface area contributed by atoms with Crippen LogP contribution in [0.5, 0.6) is 0 Å². The predicted molar refractivity (Wildman–Crippen MR) is 53.4 cm³/mol. The van der Waals surface area contributed by atoms with Crippen LogP contribution in [0.25, 0.3) is 0 Å². The fourth-order valence-electron chi connectivity index (χ4n) is 1.71. The molecule has 0 amide bonds. The second-order valence-electron chi connectivity index (χ2n) is 3.57. The van der Waals surface area contributed by atoms with E-state index in [1.165, 1.54) is 4.57 Å². The molecule has 0 radical (unpaired) electrons. The van der Waals surface area contributed by atoms with Crippen molar-refractivity contribution in [2.45, 2.75) is 18.6 Å². The van der Waals surface area contributed by atoms with Gasteiger partial charge in [-0.2, -0.15) is 4.98 Å². The van der Waals surface area contributed by atoms with Gasteiger partial charge < -0.3 is 15.6 Å². The van der Waals surface area contributed by atoms with Crippen LogP contribution < -0.4 is 11.4 Å². The van der Waals surface area contributed by atoms with Crippen LogP contribution in [-0.4, -0.2) is 34.0 Å². The number of hydrogen-bond donors (Lipinski definition) is 2. The van der Waals surface area contributed by atoms with Crippen molar-refractivity contribution in [1.82, 2.24) is 9.55 Å². The highest BCUT2D eigenvalue weighted by Gasteiger charge is 2.26. The summed E-state index contributed by atoms with van der Waals surface area (Å²) in [5, 5.41) is 8.90. The third kappa shape index (κ3) is 2.00. The quantitative estimate of drug-likeness (QED) is 0.664. The Morgan fingerprint density at radius 2 is 2.53 bits per heavy atom. The summed E-state index contributed by atoms with van der Waals surface area (Å²) >= 11 is 0. The molecule has 1 aromatic rings. The van der Waals surface area contributed by atoms with Crippen molar-refractivity contribution in [1.29, 1.82) is 0 Å². The topological polar surface area (TPSA) is 90.4 Å². The lowest BCUT2D eigenvalue weighted by Gasteiger charge is -2.10. The van der Waals surface area contributed by atoms with E-state index in [1.807, 2.05) is 0 Å². The molecule has 1 aliphatic heterocycles. The van der Waals surface area contributed by atoms with Gasteiger partial charge in [0.05, 0.1) is 25.4 Å². The Hall–Kier alpha value is -1.40. The van der Waals surface area contributed by atoms with Crippen LogP contribution in [0.2, 0.25) is 0 Å². The first-order valence-electron chi connectivity index (χ1n) is 4.78. The summed E-state index contributed by atoms with van der Waals surface area (Å²) in [6.07, 6.45) is 2.06. The standard InChI is InChI=1S/C9H13N3O3/c10-8-1-2-12(9(14)11-8)6-3-7(4-13)15-5-6/h1-2,6-7,13H,3-5H2,(H2,10,11,14)/t6-,7-/m0/s1. The molecule has 1 aliphatic rings. The maximum Gasteiger partial charge on any atom is 0.349 e. The number of rotatable bonds is 2. The molecule has 0 spiro atoms. The third-order valence-corrected chi connectivity index (χ3v) is 2.51. The number of hydrogen-bond acceptors (Lipinski definition) is 5. The first-order chi connectivity index (χ1) is 7.20. The second-order valence-corrected chi connectivity index (χ2v) is 3.57. The summed E-state index contributed by atoms with van der Waals surface area (Å²) in [5.74, 6) is 0.217. The maximum absolute atomic E-state index is 11.5. The van der Waals surface area contributed by atoms with E-state index in [0.29, 0.717) is 13.0 Å². The fourth-order valence-corrected chi connectivity index (χ4v) is 1.71. The molecule has 0 aromatic carbocycles. The summed E-state index contributed by atoms with van der Waals surface area (Å²) in [7, 11) is 0. The highest BCUT2D eigenvalue weighted by atomic mass is 16.5. The minimum Gasteiger partial charge on any atom is -0.394 e. The molecule has 1 saturated heterocycles. The number of nitrogen functional groups attached to an aromatic ring is 1. The highest BCUT2D eigenvalue weighted by molar-refractivity contribution is 5.23. The third-order valence-electron chi connectivity index (χ3n) is 2.51. The van der Waals surface area contributed by atoms with Gasteiger partial charge in [0.15, 0.2) is 0 Å². The smallest absolute Gasteiger partial charge is 0.349 e. The van der Waals surface area contributed by atoms with Crippen LogP contribution in [0.3, 0.4) is 0 Å². The summed E-state index contributed by atoms with van der Waals surface area (Å²) in [4.78, 5) is 15.1. The Balaban J connectivity index is 2.20. The Morgan fingerprint density at radius 3 is 3.13 bits per heavy atom. The van der Waals surface area contributed by atoms with Crippen LogP contribution in [0.15, 0.2) is 17.1 Å². The average Bonchev–Trinajstić information content (AvgIpc) is 2.66. The van der Waals surface area contributed by atoms with Gasteiger partial charge in [-0.25, -0.2) is 4.79 Å². The normalized spacial score (nSPS) is 25.7. The molecule has 3 N–H and O–H groups in total. The molecule has 1 fully saturated rings. The fraction of sp³-hybridized carbons (Fsp3) is 0.556. The zero-order valence-corrected chi connectivity index (χ0v) is 8.17. The van der Waals surface area contributed by atoms with E-state index < -0.39 is 0 Å². The average molecular weight is 211 g/mol. The van der Waals surface area contributed by atoms with Gasteiger partial charge in [0, 0.05) is 6.20 Å². The predicted octanol–water partition coefficient (Wildman–Crippen LogP) is -0.852. The monoisotopic (exact) mass is 211 g/mol. The molecule has 15 heavy (non-hydrogen) atoms. The summed E-state index contributed by atoms with van der Waals surface area (Å²) in [6, 6.07) is 1.52. The summed E-state index contributed by atoms with van der Waals surface area (Å²) in [5.41, 5.74) is 5.01. The Morgan fingerprint density at radius 1 is 1.73 bits per heavy atom. The zero-order chi connectivity index (χ0) is 10.8. The van der Waals surface area contributed by atoms with Crippen molar-refractivity contribution >= 4 is 5.82 Å². The minimum atomic E-state index is -0.373. The van der Waals surface area contributed by atoms with Crippen molar-refractivity contribution in [3.05, 3.63) is 22.7 Å². The van der Waals surface area contributed by atoms with Crippen molar-refractivity contribution in [3.8, 4) is 0 Å². The van der Waals surface area contributed by atoms with E-state index in [2.05, 4.69) is 4.98 Å². The van der Waals surface area contributed by atoms with Crippen LogP contribution in [0.4, 0.5) is 5.82 Å². The number of nitrogens with two attached hydrogens (primary N) is 1. The van der Waals surface area contributed by atoms with Gasteiger partial charge in [0.2, 0.25) is 0 Å². The molecule has 82 valence electrons. The van der Waals surface area contributed by atoms with Crippen molar-refractivity contribution in [3.63, 3.8) is 0 Å². The molecule has 1 aromatic heterocycles. The van der Waals surface area contributed by atoms with E-state index in [9.17, 15) is 4.79 Å². The zero-order valence-electron chi connectivity index (χ0n) is 8.17. The highest BCUT2D eigenvalue weighted by Crippen LogP contribution is 2.22. The van der Waals surface area contributed by atoms with Gasteiger partial charge in [0.25, 0.3) is 0 Å². The largest absolute Gasteiger partial charge is 0.394 e. The van der Waals surface area contributed by atoms with Crippen LogP contribution in [0, 0.1) is 0 Å². The van der Waals surface area contributed by atoms with Gasteiger partial charge >= 0.3 is 5.69 Å². The first kappa shape index (κ1) is 10.1. The number of nitrogens with zero attached hydrogens (tertiary/aromatic N) is 2. The van der Waals surface area contributed by atoms with Gasteiger partial charge in [-0.15, -0.1) is 0 Å². The Kier molecular flexibility index (Phi) is 2.70. The first-order valence-corrected chi connectivity index (χ1v) is 4.78. The van der Waals surface area contributed by atoms with Crippen LogP contribution in [-0.2, 0) is 4.74 Å². The van der Waals surface area contributed by atoms with Crippen molar-refractivity contribution < 1.29 is 9.84 Å². The van der Waals surface area contributed by atoms with E-state index in [1.54, 1.807) is 12.3 Å². The van der Waals surface area contributed by atoms with Crippen molar-refractivity contribution in [2.24, 2.45) is 0 Å². The lowest BCUT2D eigenvalue weighted by Crippen LogP contribution is -2.27. The Labute approximate surface area is 86.3 Å². The van der Waals surface area contributed by atoms with E-state index >= 15 is 0 Å². The van der Waals surface area contributed by atoms with Gasteiger partial charge in [-0.3, -0.25) is 4.57 Å². The number of ether oxygens (including phenoxy) is 1. The summed E-state index contributed by atoms with van der Waals surface area (Å²) < 4.78 is 6.78. The molecule has 0 unspecified atom stereocenters. The minimum absolute atomic E-state index is 0.0202. The van der Waals surface area contributed by atoms with Crippen LogP contribution >= 0.6 is 0 Å². The van der Waals surface area contributed by atoms with E-state index in [4.69, 9.17) is 15.6 Å². The maximum atomic E-state index is 11.5. The molecule has 2 heterocycles. The van der Waals surface area contributed by atoms with E-state index in [0.717, 1.165) is 0 Å². The lowest BCUT2D eigenvalue weighted by molar-refractivity contribution is 0.0574. The molecule has 6 heteroatoms. The number of aliphatic hydroxyl groups excluding tert-OH is 1. The van der Waals surface area contributed by atoms with Gasteiger partial charge in [-0.05, 0) is 12.5 Å². The molecule has 2 rings (SSSR count). The number of aliphatic hydroxyl groups is 1. The number of anilines is 1. The molecule has 6 nitrogen and oxygen atoms in total. The molecule has 0 bridgehead atoms. The Bertz CT molecular complexity index is 404. The molecular formula is C9H13N3O3. The van der Waals surface area contributed by atoms with E-state index in [-0.39, 0.29) is 30.3 Å². The van der Waals surface area contributed by atoms with Crippen LogP contribution in [0.1, 0.15) is 12.5 Å². The molecule has 0 saturated carbocycles. The van der Waals surface area contributed by atoms with Gasteiger partial charge in [0.1, 0.15) is 5.82 Å². The molecule has 0 aliphatic carbocycles. The molecule has 2 atom stereocenters. The number of aromatic nitrogens is 2. The van der Waals surface area contributed by atoms with Gasteiger partial charge in [-0.1, -0.05) is 0 Å². The lowest BCUT2D eigenvalue weighted by atomic mass is 10.2.